The van der Waals surface area contributed by atoms with Crippen LogP contribution in [-0.4, -0.2) is 23.4 Å². The number of carbonyl (C=O) groups is 1. The highest BCUT2D eigenvalue weighted by Crippen LogP contribution is 2.43. The highest BCUT2D eigenvalue weighted by atomic mass is 32.2. The summed E-state index contributed by atoms with van der Waals surface area (Å²) in [5, 5.41) is 10.5. The van der Waals surface area contributed by atoms with E-state index in [9.17, 15) is 14.4 Å². The molecule has 6 heteroatoms. The standard InChI is InChI=1S/C22H20FN3OS/c1-2-15-6-8-18(9-7-15)25-13-26-21(27)11-19(16-4-3-5-17(23)10-16)20(12-24)22(26)28-14-25/h3-10,19H,2,11,13-14H2,1H3/t19-/m0/s1. The molecule has 1 fully saturated rings. The smallest absolute Gasteiger partial charge is 0.229 e. The van der Waals surface area contributed by atoms with Crippen LogP contribution in [0.25, 0.3) is 0 Å². The van der Waals surface area contributed by atoms with E-state index in [1.807, 2.05) is 0 Å². The Labute approximate surface area is 168 Å². The van der Waals surface area contributed by atoms with Gasteiger partial charge in [-0.05, 0) is 41.8 Å². The molecule has 0 radical (unpaired) electrons. The van der Waals surface area contributed by atoms with E-state index < -0.39 is 0 Å². The number of allylic oxidation sites excluding steroid dienone is 1. The molecule has 0 aromatic heterocycles. The second kappa shape index (κ2) is 7.69. The molecule has 0 N–H and O–H groups in total. The van der Waals surface area contributed by atoms with Gasteiger partial charge in [0.25, 0.3) is 0 Å². The molecule has 142 valence electrons. The molecule has 1 atom stereocenters. The van der Waals surface area contributed by atoms with E-state index in [0.29, 0.717) is 28.7 Å². The van der Waals surface area contributed by atoms with Crippen molar-refractivity contribution in [3.8, 4) is 6.07 Å². The fourth-order valence-electron chi connectivity index (χ4n) is 3.68. The van der Waals surface area contributed by atoms with Crippen molar-refractivity contribution in [1.29, 1.82) is 5.26 Å². The first kappa shape index (κ1) is 18.6. The van der Waals surface area contributed by atoms with Crippen molar-refractivity contribution < 1.29 is 9.18 Å². The number of thioether (sulfide) groups is 1. The molecule has 4 rings (SSSR count). The molecule has 2 aromatic carbocycles. The summed E-state index contributed by atoms with van der Waals surface area (Å²) in [6, 6.07) is 16.8. The van der Waals surface area contributed by atoms with Gasteiger partial charge < -0.3 is 4.90 Å². The van der Waals surface area contributed by atoms with E-state index in [-0.39, 0.29) is 24.1 Å². The molecule has 0 aliphatic carbocycles. The first-order valence-electron chi connectivity index (χ1n) is 9.27. The van der Waals surface area contributed by atoms with Crippen molar-refractivity contribution in [2.75, 3.05) is 17.4 Å². The predicted molar refractivity (Wildman–Crippen MR) is 109 cm³/mol. The van der Waals surface area contributed by atoms with Gasteiger partial charge in [-0.2, -0.15) is 5.26 Å². The zero-order chi connectivity index (χ0) is 19.7. The van der Waals surface area contributed by atoms with E-state index in [0.717, 1.165) is 12.1 Å². The summed E-state index contributed by atoms with van der Waals surface area (Å²) in [7, 11) is 0. The molecule has 4 nitrogen and oxygen atoms in total. The van der Waals surface area contributed by atoms with Gasteiger partial charge in [-0.25, -0.2) is 4.39 Å². The molecule has 2 heterocycles. The van der Waals surface area contributed by atoms with Crippen LogP contribution < -0.4 is 4.90 Å². The number of amides is 1. The summed E-state index contributed by atoms with van der Waals surface area (Å²) in [5.74, 6) is -0.119. The van der Waals surface area contributed by atoms with Gasteiger partial charge >= 0.3 is 0 Å². The quantitative estimate of drug-likeness (QED) is 0.764. The van der Waals surface area contributed by atoms with Gasteiger partial charge in [0.15, 0.2) is 0 Å². The Morgan fingerprint density at radius 1 is 1.25 bits per heavy atom. The van der Waals surface area contributed by atoms with Crippen molar-refractivity contribution in [3.05, 3.63) is 76.1 Å². The van der Waals surface area contributed by atoms with E-state index in [1.165, 1.54) is 29.5 Å². The number of nitrogens with zero attached hydrogens (tertiary/aromatic N) is 3. The first-order chi connectivity index (χ1) is 13.6. The summed E-state index contributed by atoms with van der Waals surface area (Å²) in [6.07, 6.45) is 1.17. The number of carbonyl (C=O) groups excluding carboxylic acids is 1. The molecular formula is C22H20FN3OS. The third-order valence-corrected chi connectivity index (χ3v) is 6.41. The van der Waals surface area contributed by atoms with Gasteiger partial charge in [-0.3, -0.25) is 9.69 Å². The number of hydrogen-bond donors (Lipinski definition) is 0. The third kappa shape index (κ3) is 3.38. The van der Waals surface area contributed by atoms with E-state index in [4.69, 9.17) is 0 Å². The molecule has 0 spiro atoms. The molecular weight excluding hydrogens is 373 g/mol. The Balaban J connectivity index is 1.64. The van der Waals surface area contributed by atoms with Gasteiger partial charge in [0.05, 0.1) is 29.2 Å². The molecule has 0 saturated carbocycles. The summed E-state index contributed by atoms with van der Waals surface area (Å²) >= 11 is 1.49. The Bertz CT molecular complexity index is 980. The van der Waals surface area contributed by atoms with E-state index >= 15 is 0 Å². The zero-order valence-corrected chi connectivity index (χ0v) is 16.4. The fraction of sp³-hybridized carbons (Fsp3) is 0.273. The fourth-order valence-corrected chi connectivity index (χ4v) is 4.84. The maximum atomic E-state index is 13.7. The maximum Gasteiger partial charge on any atom is 0.229 e. The Morgan fingerprint density at radius 2 is 2.04 bits per heavy atom. The third-order valence-electron chi connectivity index (χ3n) is 5.25. The first-order valence-corrected chi connectivity index (χ1v) is 10.3. The summed E-state index contributed by atoms with van der Waals surface area (Å²) in [5.41, 5.74) is 3.56. The highest BCUT2D eigenvalue weighted by molar-refractivity contribution is 8.03. The molecule has 1 saturated heterocycles. The van der Waals surface area contributed by atoms with E-state index in [2.05, 4.69) is 42.2 Å². The van der Waals surface area contributed by atoms with Crippen LogP contribution in [0.15, 0.2) is 59.1 Å². The number of aryl methyl sites for hydroxylation is 1. The summed E-state index contributed by atoms with van der Waals surface area (Å²) in [6.45, 7) is 2.54. The summed E-state index contributed by atoms with van der Waals surface area (Å²) < 4.78 is 13.7. The average molecular weight is 393 g/mol. The maximum absolute atomic E-state index is 13.7. The van der Waals surface area contributed by atoms with Crippen LogP contribution in [-0.2, 0) is 11.2 Å². The number of halogens is 1. The lowest BCUT2D eigenvalue weighted by molar-refractivity contribution is -0.129. The van der Waals surface area contributed by atoms with Gasteiger partial charge in [-0.15, -0.1) is 0 Å². The van der Waals surface area contributed by atoms with Crippen LogP contribution in [0.5, 0.6) is 0 Å². The molecule has 2 aliphatic heterocycles. The van der Waals surface area contributed by atoms with Crippen molar-refractivity contribution in [3.63, 3.8) is 0 Å². The van der Waals surface area contributed by atoms with Gasteiger partial charge in [0.2, 0.25) is 5.91 Å². The van der Waals surface area contributed by atoms with Crippen LogP contribution in [0.4, 0.5) is 10.1 Å². The Hall–Kier alpha value is -2.78. The molecule has 1 amide bonds. The minimum absolute atomic E-state index is 0.0364. The topological polar surface area (TPSA) is 47.3 Å². The minimum Gasteiger partial charge on any atom is -0.344 e. The normalized spacial score (nSPS) is 19.5. The molecule has 2 aliphatic rings. The average Bonchev–Trinajstić information content (AvgIpc) is 2.73. The number of rotatable bonds is 3. The Kier molecular flexibility index (Phi) is 5.10. The lowest BCUT2D eigenvalue weighted by Gasteiger charge is -2.42. The number of hydrogen-bond acceptors (Lipinski definition) is 4. The molecule has 28 heavy (non-hydrogen) atoms. The van der Waals surface area contributed by atoms with Crippen molar-refractivity contribution in [1.82, 2.24) is 4.90 Å². The highest BCUT2D eigenvalue weighted by Gasteiger charge is 2.38. The second-order valence-electron chi connectivity index (χ2n) is 6.94. The lowest BCUT2D eigenvalue weighted by atomic mass is 9.86. The Morgan fingerprint density at radius 3 is 2.71 bits per heavy atom. The molecule has 2 aromatic rings. The minimum atomic E-state index is -0.387. The van der Waals surface area contributed by atoms with Crippen molar-refractivity contribution in [2.24, 2.45) is 0 Å². The van der Waals surface area contributed by atoms with Crippen LogP contribution >= 0.6 is 11.8 Å². The number of nitriles is 1. The monoisotopic (exact) mass is 393 g/mol. The molecule has 0 bridgehead atoms. The molecule has 0 unspecified atom stereocenters. The second-order valence-corrected chi connectivity index (χ2v) is 7.87. The van der Waals surface area contributed by atoms with E-state index in [1.54, 1.807) is 17.0 Å². The largest absolute Gasteiger partial charge is 0.344 e. The zero-order valence-electron chi connectivity index (χ0n) is 15.6. The number of benzene rings is 2. The van der Waals surface area contributed by atoms with Crippen LogP contribution in [0, 0.1) is 17.1 Å². The SMILES string of the molecule is CCc1ccc(N2CSC3=C(C#N)[C@H](c4cccc(F)c4)CC(=O)N3C2)cc1. The van der Waals surface area contributed by atoms with Crippen LogP contribution in [0.2, 0.25) is 0 Å². The number of fused-ring (bicyclic) bond motifs is 1. The van der Waals surface area contributed by atoms with Gasteiger partial charge in [0.1, 0.15) is 5.82 Å². The lowest BCUT2D eigenvalue weighted by Crippen LogP contribution is -2.47. The van der Waals surface area contributed by atoms with Crippen LogP contribution in [0.3, 0.4) is 0 Å². The number of anilines is 1. The predicted octanol–water partition coefficient (Wildman–Crippen LogP) is 4.61. The van der Waals surface area contributed by atoms with Gasteiger partial charge in [0, 0.05) is 18.0 Å². The van der Waals surface area contributed by atoms with Crippen molar-refractivity contribution >= 4 is 23.4 Å². The van der Waals surface area contributed by atoms with Gasteiger partial charge in [-0.1, -0.05) is 43.0 Å². The van der Waals surface area contributed by atoms with Crippen LogP contribution in [0.1, 0.15) is 30.4 Å². The summed E-state index contributed by atoms with van der Waals surface area (Å²) in [4.78, 5) is 16.7. The van der Waals surface area contributed by atoms with Crippen molar-refractivity contribution in [2.45, 2.75) is 25.7 Å².